The smallest absolute Gasteiger partial charge is 0.250 e. The van der Waals surface area contributed by atoms with Crippen LogP contribution in [0.25, 0.3) is 11.0 Å². The maximum absolute atomic E-state index is 14.7. The third kappa shape index (κ3) is 4.63. The summed E-state index contributed by atoms with van der Waals surface area (Å²) in [5.41, 5.74) is -0.528. The van der Waals surface area contributed by atoms with E-state index >= 15 is 0 Å². The predicted molar refractivity (Wildman–Crippen MR) is 157 cm³/mol. The zero-order valence-corrected chi connectivity index (χ0v) is 24.8. The zero-order valence-electron chi connectivity index (χ0n) is 24.8. The standard InChI is InChI=1S/C31H42N6O5/c1-6-15-34(5)27(39)24-25-28(40)36(17-11-8-12-18-38)26(31(25)19-21(3)30(24,4)42-31)29(41)35(16-7-2)20-37-23-14-10-9-13-22(23)32-33-37/h6-7,9-10,13-14,21,24-26,38H,1-2,8,11-12,15-20H2,3-5H3/t21?,24-,25-,26?,30+,31?/m0/s1. The Labute approximate surface area is 246 Å². The Morgan fingerprint density at radius 1 is 1.17 bits per heavy atom. The lowest BCUT2D eigenvalue weighted by Crippen LogP contribution is -2.57. The third-order valence-electron chi connectivity index (χ3n) is 9.54. The number of aromatic nitrogens is 3. The third-order valence-corrected chi connectivity index (χ3v) is 9.54. The molecule has 0 saturated carbocycles. The second-order valence-corrected chi connectivity index (χ2v) is 12.1. The summed E-state index contributed by atoms with van der Waals surface area (Å²) in [6.07, 6.45) is 5.74. The van der Waals surface area contributed by atoms with E-state index in [9.17, 15) is 19.5 Å². The monoisotopic (exact) mass is 578 g/mol. The molecule has 3 saturated heterocycles. The van der Waals surface area contributed by atoms with Gasteiger partial charge in [0.1, 0.15) is 23.8 Å². The van der Waals surface area contributed by atoms with Gasteiger partial charge < -0.3 is 24.5 Å². The van der Waals surface area contributed by atoms with E-state index in [0.29, 0.717) is 44.3 Å². The van der Waals surface area contributed by atoms with Gasteiger partial charge in [-0.15, -0.1) is 18.3 Å². The molecular weight excluding hydrogens is 536 g/mol. The average Bonchev–Trinajstić information content (AvgIpc) is 3.64. The summed E-state index contributed by atoms with van der Waals surface area (Å²) < 4.78 is 8.53. The van der Waals surface area contributed by atoms with E-state index in [1.807, 2.05) is 38.1 Å². The summed E-state index contributed by atoms with van der Waals surface area (Å²) in [6.45, 7) is 12.7. The van der Waals surface area contributed by atoms with Gasteiger partial charge in [-0.05, 0) is 50.7 Å². The maximum Gasteiger partial charge on any atom is 0.250 e. The number of aliphatic hydroxyl groups is 1. The molecule has 11 nitrogen and oxygen atoms in total. The number of benzene rings is 1. The van der Waals surface area contributed by atoms with Gasteiger partial charge in [0.2, 0.25) is 17.7 Å². The van der Waals surface area contributed by atoms with Gasteiger partial charge in [0.05, 0.1) is 23.0 Å². The summed E-state index contributed by atoms with van der Waals surface area (Å²) in [7, 11) is 1.71. The number of amides is 3. The number of unbranched alkanes of at least 4 members (excludes halogenated alkanes) is 2. The van der Waals surface area contributed by atoms with Crippen LogP contribution in [0.4, 0.5) is 0 Å². The quantitative estimate of drug-likeness (QED) is 0.286. The van der Waals surface area contributed by atoms with Crippen LogP contribution < -0.4 is 0 Å². The van der Waals surface area contributed by atoms with E-state index in [1.165, 1.54) is 0 Å². The topological polar surface area (TPSA) is 121 Å². The molecule has 5 rings (SSSR count). The normalized spacial score (nSPS) is 29.6. The average molecular weight is 579 g/mol. The van der Waals surface area contributed by atoms with Crippen molar-refractivity contribution in [3.8, 4) is 0 Å². The fourth-order valence-electron chi connectivity index (χ4n) is 7.46. The van der Waals surface area contributed by atoms with Crippen LogP contribution in [0.15, 0.2) is 49.6 Å². The zero-order chi connectivity index (χ0) is 30.2. The van der Waals surface area contributed by atoms with E-state index in [2.05, 4.69) is 23.5 Å². The number of fused-ring (bicyclic) bond motifs is 2. The molecule has 2 bridgehead atoms. The van der Waals surface area contributed by atoms with Gasteiger partial charge in [0, 0.05) is 33.3 Å². The fraction of sp³-hybridized carbons (Fsp3) is 0.581. The van der Waals surface area contributed by atoms with Crippen LogP contribution in [0.5, 0.6) is 0 Å². The van der Waals surface area contributed by atoms with Gasteiger partial charge in [-0.1, -0.05) is 36.4 Å². The molecule has 2 aromatic rings. The molecule has 3 aliphatic rings. The van der Waals surface area contributed by atoms with Crippen molar-refractivity contribution in [3.63, 3.8) is 0 Å². The number of likely N-dealkylation sites (N-methyl/N-ethyl adjacent to an activating group) is 1. The van der Waals surface area contributed by atoms with E-state index in [1.54, 1.807) is 38.6 Å². The minimum Gasteiger partial charge on any atom is -0.396 e. The Balaban J connectivity index is 1.55. The summed E-state index contributed by atoms with van der Waals surface area (Å²) in [6, 6.07) is 6.62. The first-order valence-electron chi connectivity index (χ1n) is 14.8. The van der Waals surface area contributed by atoms with Crippen LogP contribution in [-0.2, 0) is 25.8 Å². The van der Waals surface area contributed by atoms with Crippen molar-refractivity contribution in [3.05, 3.63) is 49.6 Å². The van der Waals surface area contributed by atoms with Crippen LogP contribution >= 0.6 is 0 Å². The number of hydrogen-bond donors (Lipinski definition) is 1. The second-order valence-electron chi connectivity index (χ2n) is 12.1. The van der Waals surface area contributed by atoms with Gasteiger partial charge in [0.25, 0.3) is 0 Å². The van der Waals surface area contributed by atoms with Gasteiger partial charge in [-0.2, -0.15) is 0 Å². The Hall–Kier alpha value is -3.57. The highest BCUT2D eigenvalue weighted by atomic mass is 16.5. The molecule has 3 aliphatic heterocycles. The van der Waals surface area contributed by atoms with Crippen LogP contribution in [0.2, 0.25) is 0 Å². The Morgan fingerprint density at radius 3 is 2.62 bits per heavy atom. The number of likely N-dealkylation sites (tertiary alicyclic amines) is 1. The highest BCUT2D eigenvalue weighted by molar-refractivity contribution is 5.99. The number of para-hydroxylation sites is 1. The molecule has 1 N–H and O–H groups in total. The van der Waals surface area contributed by atoms with Gasteiger partial charge >= 0.3 is 0 Å². The van der Waals surface area contributed by atoms with E-state index < -0.39 is 29.1 Å². The molecule has 0 aliphatic carbocycles. The van der Waals surface area contributed by atoms with Crippen molar-refractivity contribution in [2.75, 3.05) is 33.3 Å². The minimum absolute atomic E-state index is 0.0515. The van der Waals surface area contributed by atoms with Crippen molar-refractivity contribution in [2.45, 2.75) is 63.4 Å². The predicted octanol–water partition coefficient (Wildman–Crippen LogP) is 2.22. The first-order valence-corrected chi connectivity index (χ1v) is 14.8. The number of hydrogen-bond acceptors (Lipinski definition) is 7. The first kappa shape index (κ1) is 29.9. The SMILES string of the molecule is C=CCN(C)C(=O)[C@@H]1[C@H]2C(=O)N(CCCCCO)C(C(=O)N(CC=C)Cn3nnc4ccccc43)C23CC(C)[C@@]1(C)O3. The Kier molecular flexibility index (Phi) is 8.26. The highest BCUT2D eigenvalue weighted by Crippen LogP contribution is 2.65. The molecule has 3 fully saturated rings. The summed E-state index contributed by atoms with van der Waals surface area (Å²) in [4.78, 5) is 47.8. The summed E-state index contributed by atoms with van der Waals surface area (Å²) in [5, 5.41) is 17.8. The van der Waals surface area contributed by atoms with Gasteiger partial charge in [-0.25, -0.2) is 4.68 Å². The second kappa shape index (κ2) is 11.6. The molecule has 42 heavy (non-hydrogen) atoms. The van der Waals surface area contributed by atoms with E-state index in [4.69, 9.17) is 4.74 Å². The van der Waals surface area contributed by atoms with Gasteiger partial charge in [0.15, 0.2) is 0 Å². The van der Waals surface area contributed by atoms with Crippen molar-refractivity contribution < 1.29 is 24.2 Å². The number of carbonyl (C=O) groups excluding carboxylic acids is 3. The molecule has 0 radical (unpaired) electrons. The van der Waals surface area contributed by atoms with Crippen molar-refractivity contribution in [1.29, 1.82) is 0 Å². The van der Waals surface area contributed by atoms with Crippen LogP contribution in [0, 0.1) is 17.8 Å². The molecule has 226 valence electrons. The molecule has 3 amide bonds. The molecule has 3 unspecified atom stereocenters. The van der Waals surface area contributed by atoms with E-state index in [-0.39, 0.29) is 43.5 Å². The summed E-state index contributed by atoms with van der Waals surface area (Å²) in [5.74, 6) is -2.20. The van der Waals surface area contributed by atoms with Crippen LogP contribution in [0.3, 0.4) is 0 Å². The molecule has 1 aromatic carbocycles. The molecule has 1 aromatic heterocycles. The Morgan fingerprint density at radius 2 is 1.90 bits per heavy atom. The fourth-order valence-corrected chi connectivity index (χ4v) is 7.46. The number of nitrogens with zero attached hydrogens (tertiary/aromatic N) is 6. The molecule has 4 heterocycles. The number of rotatable bonds is 13. The lowest BCUT2D eigenvalue weighted by atomic mass is 9.62. The van der Waals surface area contributed by atoms with Crippen molar-refractivity contribution in [1.82, 2.24) is 29.7 Å². The van der Waals surface area contributed by atoms with Crippen molar-refractivity contribution in [2.24, 2.45) is 17.8 Å². The first-order chi connectivity index (χ1) is 20.1. The molecular formula is C31H42N6O5. The number of ether oxygens (including phenoxy) is 1. The lowest BCUT2D eigenvalue weighted by Gasteiger charge is -2.38. The number of aliphatic hydroxyl groups excluding tert-OH is 1. The highest BCUT2D eigenvalue weighted by Gasteiger charge is 2.80. The van der Waals surface area contributed by atoms with Crippen LogP contribution in [0.1, 0.15) is 39.5 Å². The van der Waals surface area contributed by atoms with Crippen molar-refractivity contribution >= 4 is 28.8 Å². The van der Waals surface area contributed by atoms with E-state index in [0.717, 1.165) is 5.52 Å². The molecule has 1 spiro atoms. The largest absolute Gasteiger partial charge is 0.396 e. The lowest BCUT2D eigenvalue weighted by molar-refractivity contribution is -0.155. The summed E-state index contributed by atoms with van der Waals surface area (Å²) >= 11 is 0. The van der Waals surface area contributed by atoms with Gasteiger partial charge in [-0.3, -0.25) is 14.4 Å². The minimum atomic E-state index is -1.14. The maximum atomic E-state index is 14.7. The van der Waals surface area contributed by atoms with Crippen LogP contribution in [-0.4, -0.2) is 103 Å². The molecule has 11 heteroatoms. The number of carbonyl (C=O) groups is 3. The molecule has 6 atom stereocenters. The Bertz CT molecular complexity index is 1380.